The molecule has 1 aliphatic heterocycles. The van der Waals surface area contributed by atoms with E-state index in [0.29, 0.717) is 33.7 Å². The Morgan fingerprint density at radius 1 is 1.14 bits per heavy atom. The SMILES string of the molecule is COC(=O)c1cc(Br)cc(N2C(=O)[C@@]3(CC3C(C)C)c3cc(F)ccc32)c1.Cc1ccc(Cl)cc1. The predicted octanol–water partition coefficient (Wildman–Crippen LogP) is 7.62. The Morgan fingerprint density at radius 2 is 1.83 bits per heavy atom. The number of hydrogen-bond donors (Lipinski definition) is 0. The summed E-state index contributed by atoms with van der Waals surface area (Å²) in [5, 5.41) is 0.801. The van der Waals surface area contributed by atoms with Gasteiger partial charge in [-0.05, 0) is 79.3 Å². The number of carbonyl (C=O) groups excluding carboxylic acids is 2. The van der Waals surface area contributed by atoms with Crippen molar-refractivity contribution in [3.63, 3.8) is 0 Å². The Kier molecular flexibility index (Phi) is 7.07. The van der Waals surface area contributed by atoms with E-state index in [1.807, 2.05) is 31.2 Å². The Labute approximate surface area is 218 Å². The van der Waals surface area contributed by atoms with Gasteiger partial charge in [-0.3, -0.25) is 9.69 Å². The topological polar surface area (TPSA) is 46.6 Å². The van der Waals surface area contributed by atoms with Crippen molar-refractivity contribution in [2.75, 3.05) is 12.0 Å². The molecule has 0 bridgehead atoms. The number of hydrogen-bond acceptors (Lipinski definition) is 3. The lowest BCUT2D eigenvalue weighted by atomic mass is 9.91. The molecule has 1 saturated carbocycles. The van der Waals surface area contributed by atoms with Gasteiger partial charge in [0.25, 0.3) is 0 Å². The van der Waals surface area contributed by atoms with Gasteiger partial charge in [0.05, 0.1) is 29.5 Å². The van der Waals surface area contributed by atoms with Crippen LogP contribution in [0.3, 0.4) is 0 Å². The number of amides is 1. The second kappa shape index (κ2) is 9.75. The highest BCUT2D eigenvalue weighted by molar-refractivity contribution is 9.10. The van der Waals surface area contributed by atoms with E-state index < -0.39 is 11.4 Å². The fourth-order valence-electron chi connectivity index (χ4n) is 4.86. The van der Waals surface area contributed by atoms with Crippen molar-refractivity contribution in [1.29, 1.82) is 0 Å². The van der Waals surface area contributed by atoms with Crippen LogP contribution in [-0.4, -0.2) is 19.0 Å². The Bertz CT molecular complexity index is 1270. The molecule has 1 aliphatic carbocycles. The van der Waals surface area contributed by atoms with E-state index >= 15 is 0 Å². The molecule has 2 aliphatic rings. The van der Waals surface area contributed by atoms with Gasteiger partial charge >= 0.3 is 5.97 Å². The van der Waals surface area contributed by atoms with Crippen LogP contribution in [-0.2, 0) is 14.9 Å². The number of rotatable bonds is 3. The summed E-state index contributed by atoms with van der Waals surface area (Å²) in [6.45, 7) is 6.21. The number of halogens is 3. The van der Waals surface area contributed by atoms with Crippen LogP contribution in [0.4, 0.5) is 15.8 Å². The molecular formula is C28H26BrClFNO3. The first-order valence-corrected chi connectivity index (χ1v) is 12.5. The predicted molar refractivity (Wildman–Crippen MR) is 140 cm³/mol. The summed E-state index contributed by atoms with van der Waals surface area (Å²) in [4.78, 5) is 27.1. The summed E-state index contributed by atoms with van der Waals surface area (Å²) in [5.74, 6) is -0.386. The van der Waals surface area contributed by atoms with E-state index in [2.05, 4.69) is 29.8 Å². The van der Waals surface area contributed by atoms with Gasteiger partial charge in [-0.15, -0.1) is 0 Å². The lowest BCUT2D eigenvalue weighted by Gasteiger charge is -2.20. The van der Waals surface area contributed by atoms with Gasteiger partial charge in [-0.1, -0.05) is 59.1 Å². The lowest BCUT2D eigenvalue weighted by Crippen LogP contribution is -2.30. The quantitative estimate of drug-likeness (QED) is 0.311. The third-order valence-corrected chi connectivity index (χ3v) is 7.37. The second-order valence-corrected chi connectivity index (χ2v) is 10.7. The standard InChI is InChI=1S/C21H19BrFNO3.C7H7Cl/c1-11(2)17-10-21(17)16-9-14(23)4-5-18(16)24(20(21)26)15-7-12(19(25)27-3)6-13(22)8-15;1-6-2-4-7(8)5-3-6/h4-9,11,17H,10H2,1-3H3;2-5H,1H3/t17?,21-;/m0./s1. The van der Waals surface area contributed by atoms with E-state index in [4.69, 9.17) is 16.3 Å². The minimum atomic E-state index is -0.667. The Hall–Kier alpha value is -2.70. The molecule has 7 heteroatoms. The Balaban J connectivity index is 0.000000308. The van der Waals surface area contributed by atoms with Crippen molar-refractivity contribution in [2.45, 2.75) is 32.6 Å². The zero-order chi connectivity index (χ0) is 25.5. The van der Waals surface area contributed by atoms with E-state index in [-0.39, 0.29) is 17.6 Å². The summed E-state index contributed by atoms with van der Waals surface area (Å²) in [6.07, 6.45) is 0.717. The van der Waals surface area contributed by atoms with Crippen LogP contribution >= 0.6 is 27.5 Å². The molecule has 4 nitrogen and oxygen atoms in total. The zero-order valence-corrected chi connectivity index (χ0v) is 22.3. The van der Waals surface area contributed by atoms with E-state index in [0.717, 1.165) is 10.6 Å². The highest BCUT2D eigenvalue weighted by Crippen LogP contribution is 2.65. The third kappa shape index (κ3) is 4.74. The lowest BCUT2D eigenvalue weighted by molar-refractivity contribution is -0.120. The largest absolute Gasteiger partial charge is 0.465 e. The summed E-state index contributed by atoms with van der Waals surface area (Å²) in [7, 11) is 1.31. The molecule has 1 heterocycles. The highest BCUT2D eigenvalue weighted by Gasteiger charge is 2.67. The zero-order valence-electron chi connectivity index (χ0n) is 19.9. The van der Waals surface area contributed by atoms with Crippen molar-refractivity contribution < 1.29 is 18.7 Å². The number of esters is 1. The minimum absolute atomic E-state index is 0.0595. The molecule has 0 aromatic heterocycles. The first kappa shape index (κ1) is 25.4. The van der Waals surface area contributed by atoms with Gasteiger partial charge in [0.1, 0.15) is 5.82 Å². The smallest absolute Gasteiger partial charge is 0.337 e. The van der Waals surface area contributed by atoms with Crippen LogP contribution in [0.2, 0.25) is 5.02 Å². The van der Waals surface area contributed by atoms with Crippen LogP contribution < -0.4 is 4.90 Å². The molecule has 35 heavy (non-hydrogen) atoms. The maximum Gasteiger partial charge on any atom is 0.337 e. The number of methoxy groups -OCH3 is 1. The van der Waals surface area contributed by atoms with Crippen molar-refractivity contribution in [2.24, 2.45) is 11.8 Å². The van der Waals surface area contributed by atoms with Gasteiger partial charge in [-0.25, -0.2) is 9.18 Å². The molecule has 1 spiro atoms. The Morgan fingerprint density at radius 3 is 2.40 bits per heavy atom. The number of aryl methyl sites for hydroxylation is 1. The summed E-state index contributed by atoms with van der Waals surface area (Å²) >= 11 is 9.01. The number of benzene rings is 3. The first-order chi connectivity index (χ1) is 16.6. The van der Waals surface area contributed by atoms with Crippen molar-refractivity contribution in [3.8, 4) is 0 Å². The molecule has 0 saturated heterocycles. The molecule has 1 unspecified atom stereocenters. The molecule has 3 aromatic rings. The van der Waals surface area contributed by atoms with Crippen LogP contribution in [0.15, 0.2) is 65.1 Å². The minimum Gasteiger partial charge on any atom is -0.465 e. The summed E-state index contributed by atoms with van der Waals surface area (Å²) in [5.41, 5.74) is 2.90. The van der Waals surface area contributed by atoms with E-state index in [9.17, 15) is 14.0 Å². The van der Waals surface area contributed by atoms with Crippen LogP contribution in [0.1, 0.15) is 41.8 Å². The monoisotopic (exact) mass is 557 g/mol. The summed E-state index contributed by atoms with van der Waals surface area (Å²) < 4.78 is 19.5. The van der Waals surface area contributed by atoms with Gasteiger partial charge in [0.2, 0.25) is 5.91 Å². The second-order valence-electron chi connectivity index (χ2n) is 9.31. The fourth-order valence-corrected chi connectivity index (χ4v) is 5.47. The molecule has 182 valence electrons. The van der Waals surface area contributed by atoms with Crippen molar-refractivity contribution >= 4 is 50.8 Å². The maximum atomic E-state index is 14.0. The molecule has 1 fully saturated rings. The van der Waals surface area contributed by atoms with Crippen molar-refractivity contribution in [1.82, 2.24) is 0 Å². The average molecular weight is 559 g/mol. The number of carbonyl (C=O) groups is 2. The molecule has 0 N–H and O–H groups in total. The molecule has 3 aromatic carbocycles. The van der Waals surface area contributed by atoms with Crippen molar-refractivity contribution in [3.05, 3.63) is 92.7 Å². The normalized spacial score (nSPS) is 19.9. The van der Waals surface area contributed by atoms with Gasteiger partial charge in [-0.2, -0.15) is 0 Å². The van der Waals surface area contributed by atoms with E-state index in [1.54, 1.807) is 29.2 Å². The van der Waals surface area contributed by atoms with Gasteiger partial charge in [0, 0.05) is 9.50 Å². The number of nitrogens with zero attached hydrogens (tertiary/aromatic N) is 1. The summed E-state index contributed by atoms with van der Waals surface area (Å²) in [6, 6.07) is 17.3. The number of anilines is 2. The van der Waals surface area contributed by atoms with E-state index in [1.165, 1.54) is 24.8 Å². The molecule has 1 amide bonds. The van der Waals surface area contributed by atoms with Gasteiger partial charge in [0.15, 0.2) is 0 Å². The molecule has 2 atom stereocenters. The molecule has 0 radical (unpaired) electrons. The number of fused-ring (bicyclic) bond motifs is 2. The maximum absolute atomic E-state index is 14.0. The van der Waals surface area contributed by atoms with Crippen LogP contribution in [0.25, 0.3) is 0 Å². The van der Waals surface area contributed by atoms with Crippen LogP contribution in [0, 0.1) is 24.6 Å². The first-order valence-electron chi connectivity index (χ1n) is 11.3. The fraction of sp³-hybridized carbons (Fsp3) is 0.286. The number of ether oxygens (including phenoxy) is 1. The third-order valence-electron chi connectivity index (χ3n) is 6.66. The average Bonchev–Trinajstić information content (AvgIpc) is 3.54. The molecule has 5 rings (SSSR count). The van der Waals surface area contributed by atoms with Gasteiger partial charge < -0.3 is 4.74 Å². The molecular weight excluding hydrogens is 533 g/mol. The highest BCUT2D eigenvalue weighted by atomic mass is 79.9. The van der Waals surface area contributed by atoms with Crippen LogP contribution in [0.5, 0.6) is 0 Å².